The summed E-state index contributed by atoms with van der Waals surface area (Å²) in [6.45, 7) is 3.49. The lowest BCUT2D eigenvalue weighted by atomic mass is 10.2. The van der Waals surface area contributed by atoms with Crippen molar-refractivity contribution in [3.05, 3.63) is 17.8 Å². The van der Waals surface area contributed by atoms with E-state index in [4.69, 9.17) is 20.3 Å². The normalized spacial score (nSPS) is 10.2. The summed E-state index contributed by atoms with van der Waals surface area (Å²) in [6, 6.07) is 1.32. The van der Waals surface area contributed by atoms with Crippen molar-refractivity contribution in [1.29, 1.82) is 0 Å². The highest BCUT2D eigenvalue weighted by atomic mass is 16.5. The summed E-state index contributed by atoms with van der Waals surface area (Å²) in [5.74, 6) is -0.836. The monoisotopic (exact) mass is 240 g/mol. The van der Waals surface area contributed by atoms with Gasteiger partial charge in [-0.1, -0.05) is 6.92 Å². The molecule has 0 radical (unpaired) electrons. The molecule has 1 aromatic rings. The zero-order valence-corrected chi connectivity index (χ0v) is 9.68. The van der Waals surface area contributed by atoms with Gasteiger partial charge < -0.3 is 20.3 Å². The molecule has 1 aromatic heterocycles. The average molecular weight is 240 g/mol. The van der Waals surface area contributed by atoms with Crippen LogP contribution in [0.1, 0.15) is 23.7 Å². The van der Waals surface area contributed by atoms with Gasteiger partial charge in [0.25, 0.3) is 0 Å². The molecule has 0 saturated heterocycles. The maximum Gasteiger partial charge on any atom is 0.337 e. The molecule has 0 unspecified atom stereocenters. The van der Waals surface area contributed by atoms with Crippen molar-refractivity contribution in [2.45, 2.75) is 13.3 Å². The molecule has 17 heavy (non-hydrogen) atoms. The topological polar surface area (TPSA) is 94.7 Å². The van der Waals surface area contributed by atoms with E-state index in [1.54, 1.807) is 0 Å². The second-order valence-corrected chi connectivity index (χ2v) is 3.38. The summed E-state index contributed by atoms with van der Waals surface area (Å²) >= 11 is 0. The number of anilines is 1. The van der Waals surface area contributed by atoms with Crippen molar-refractivity contribution >= 4 is 11.7 Å². The van der Waals surface area contributed by atoms with Gasteiger partial charge in [-0.05, 0) is 12.5 Å². The first kappa shape index (κ1) is 13.2. The zero-order chi connectivity index (χ0) is 12.7. The smallest absolute Gasteiger partial charge is 0.337 e. The molecule has 1 heterocycles. The number of nitrogen functional groups attached to an aromatic ring is 1. The third-order valence-corrected chi connectivity index (χ3v) is 1.94. The second-order valence-electron chi connectivity index (χ2n) is 3.38. The van der Waals surface area contributed by atoms with Crippen molar-refractivity contribution in [2.75, 3.05) is 25.6 Å². The lowest BCUT2D eigenvalue weighted by molar-refractivity contribution is 0.0696. The summed E-state index contributed by atoms with van der Waals surface area (Å²) < 4.78 is 10.5. The van der Waals surface area contributed by atoms with Gasteiger partial charge in [0.2, 0.25) is 5.88 Å². The van der Waals surface area contributed by atoms with Crippen molar-refractivity contribution in [3.63, 3.8) is 0 Å². The van der Waals surface area contributed by atoms with E-state index in [1.807, 2.05) is 6.92 Å². The summed E-state index contributed by atoms with van der Waals surface area (Å²) in [5.41, 5.74) is 5.86. The van der Waals surface area contributed by atoms with Gasteiger partial charge in [0.15, 0.2) is 0 Å². The van der Waals surface area contributed by atoms with Crippen LogP contribution in [0.25, 0.3) is 0 Å². The first-order chi connectivity index (χ1) is 8.15. The molecule has 0 aliphatic rings. The molecular weight excluding hydrogens is 224 g/mol. The quantitative estimate of drug-likeness (QED) is 0.694. The summed E-state index contributed by atoms with van der Waals surface area (Å²) in [5, 5.41) is 8.72. The number of carboxylic acids is 1. The van der Waals surface area contributed by atoms with E-state index in [2.05, 4.69) is 4.98 Å². The predicted octanol–water partition coefficient (Wildman–Crippen LogP) is 1.17. The number of nitrogens with two attached hydrogens (primary N) is 1. The molecule has 0 aliphatic heterocycles. The first-order valence-electron chi connectivity index (χ1n) is 5.34. The van der Waals surface area contributed by atoms with Crippen LogP contribution in [0.3, 0.4) is 0 Å². The maximum atomic E-state index is 10.6. The minimum absolute atomic E-state index is 0.0390. The number of carboxylic acid groups (broad SMARTS) is 1. The fraction of sp³-hybridized carbons (Fsp3) is 0.455. The van der Waals surface area contributed by atoms with Gasteiger partial charge in [0.1, 0.15) is 6.61 Å². The highest BCUT2D eigenvalue weighted by Crippen LogP contribution is 2.18. The Morgan fingerprint density at radius 1 is 1.47 bits per heavy atom. The lowest BCUT2D eigenvalue weighted by Crippen LogP contribution is -2.10. The van der Waals surface area contributed by atoms with Gasteiger partial charge >= 0.3 is 5.97 Å². The SMILES string of the molecule is CCCOCCOc1ncc(C(=O)O)cc1N. The fourth-order valence-corrected chi connectivity index (χ4v) is 1.15. The Balaban J connectivity index is 2.46. The minimum Gasteiger partial charge on any atom is -0.478 e. The van der Waals surface area contributed by atoms with Crippen molar-refractivity contribution in [3.8, 4) is 5.88 Å². The molecule has 94 valence electrons. The van der Waals surface area contributed by atoms with Crippen LogP contribution in [0.5, 0.6) is 5.88 Å². The Morgan fingerprint density at radius 3 is 2.82 bits per heavy atom. The van der Waals surface area contributed by atoms with Crippen LogP contribution in [0.2, 0.25) is 0 Å². The van der Waals surface area contributed by atoms with E-state index in [-0.39, 0.29) is 17.1 Å². The number of hydrogen-bond acceptors (Lipinski definition) is 5. The molecule has 0 atom stereocenters. The number of aromatic nitrogens is 1. The highest BCUT2D eigenvalue weighted by Gasteiger charge is 2.08. The molecule has 6 heteroatoms. The van der Waals surface area contributed by atoms with Crippen LogP contribution in [0, 0.1) is 0 Å². The third-order valence-electron chi connectivity index (χ3n) is 1.94. The number of ether oxygens (including phenoxy) is 2. The average Bonchev–Trinajstić information content (AvgIpc) is 2.30. The van der Waals surface area contributed by atoms with Crippen LogP contribution >= 0.6 is 0 Å². The van der Waals surface area contributed by atoms with Crippen LogP contribution in [0.4, 0.5) is 5.69 Å². The highest BCUT2D eigenvalue weighted by molar-refractivity contribution is 5.88. The number of pyridine rings is 1. The van der Waals surface area contributed by atoms with Gasteiger partial charge in [0, 0.05) is 12.8 Å². The number of aromatic carboxylic acids is 1. The molecule has 0 fully saturated rings. The molecule has 0 spiro atoms. The molecule has 0 aromatic carbocycles. The molecule has 1 rings (SSSR count). The Kier molecular flexibility index (Phi) is 5.22. The van der Waals surface area contributed by atoms with E-state index in [9.17, 15) is 4.79 Å². The molecular formula is C11H16N2O4. The predicted molar refractivity (Wildman–Crippen MR) is 62.2 cm³/mol. The van der Waals surface area contributed by atoms with E-state index in [0.717, 1.165) is 6.42 Å². The number of nitrogens with zero attached hydrogens (tertiary/aromatic N) is 1. The lowest BCUT2D eigenvalue weighted by Gasteiger charge is -2.08. The molecule has 0 aliphatic carbocycles. The van der Waals surface area contributed by atoms with Crippen LogP contribution < -0.4 is 10.5 Å². The van der Waals surface area contributed by atoms with E-state index >= 15 is 0 Å². The minimum atomic E-state index is -1.07. The summed E-state index contributed by atoms with van der Waals surface area (Å²) in [4.78, 5) is 14.5. The molecule has 0 amide bonds. The molecule has 6 nitrogen and oxygen atoms in total. The van der Waals surface area contributed by atoms with Crippen molar-refractivity contribution < 1.29 is 19.4 Å². The van der Waals surface area contributed by atoms with Gasteiger partial charge in [-0.3, -0.25) is 0 Å². The maximum absolute atomic E-state index is 10.6. The summed E-state index contributed by atoms with van der Waals surface area (Å²) in [6.07, 6.45) is 2.16. The standard InChI is InChI=1S/C11H16N2O4/c1-2-3-16-4-5-17-10-9(12)6-8(7-13-10)11(14)15/h6-7H,2-5,12H2,1H3,(H,14,15). The molecule has 0 bridgehead atoms. The Labute approximate surface area is 99.4 Å². The van der Waals surface area contributed by atoms with Gasteiger partial charge in [-0.25, -0.2) is 9.78 Å². The summed E-state index contributed by atoms with van der Waals surface area (Å²) in [7, 11) is 0. The fourth-order valence-electron chi connectivity index (χ4n) is 1.15. The van der Waals surface area contributed by atoms with Crippen molar-refractivity contribution in [2.24, 2.45) is 0 Å². The Morgan fingerprint density at radius 2 is 2.24 bits per heavy atom. The van der Waals surface area contributed by atoms with Crippen LogP contribution in [-0.4, -0.2) is 35.9 Å². The van der Waals surface area contributed by atoms with E-state index < -0.39 is 5.97 Å². The number of rotatable bonds is 7. The van der Waals surface area contributed by atoms with Gasteiger partial charge in [-0.2, -0.15) is 0 Å². The van der Waals surface area contributed by atoms with Crippen LogP contribution in [-0.2, 0) is 4.74 Å². The van der Waals surface area contributed by atoms with E-state index in [0.29, 0.717) is 19.8 Å². The van der Waals surface area contributed by atoms with Crippen LogP contribution in [0.15, 0.2) is 12.3 Å². The molecule has 3 N–H and O–H groups in total. The van der Waals surface area contributed by atoms with Gasteiger partial charge in [-0.15, -0.1) is 0 Å². The van der Waals surface area contributed by atoms with Gasteiger partial charge in [0.05, 0.1) is 17.9 Å². The second kappa shape index (κ2) is 6.70. The zero-order valence-electron chi connectivity index (χ0n) is 9.68. The largest absolute Gasteiger partial charge is 0.478 e. The third kappa shape index (κ3) is 4.28. The number of hydrogen-bond donors (Lipinski definition) is 2. The Hall–Kier alpha value is -1.82. The van der Waals surface area contributed by atoms with E-state index in [1.165, 1.54) is 12.3 Å². The Bertz CT molecular complexity index is 382. The first-order valence-corrected chi connectivity index (χ1v) is 5.34. The molecule has 0 saturated carbocycles. The van der Waals surface area contributed by atoms with Crippen molar-refractivity contribution in [1.82, 2.24) is 4.98 Å². The number of carbonyl (C=O) groups is 1.